The topological polar surface area (TPSA) is 75.1 Å². The summed E-state index contributed by atoms with van der Waals surface area (Å²) in [7, 11) is 0. The molecular formula is C36H34N4O2. The molecule has 0 amide bonds. The van der Waals surface area contributed by atoms with E-state index in [0.29, 0.717) is 31.8 Å². The van der Waals surface area contributed by atoms with Gasteiger partial charge in [0.25, 0.3) is 0 Å². The molecule has 1 aliphatic heterocycles. The van der Waals surface area contributed by atoms with Gasteiger partial charge in [-0.15, -0.1) is 0 Å². The first-order valence-corrected chi connectivity index (χ1v) is 14.2. The van der Waals surface area contributed by atoms with Crippen LogP contribution in [-0.4, -0.2) is 44.3 Å². The molecule has 0 radical (unpaired) electrons. The number of rotatable bonds is 8. The number of allylic oxidation sites excluding steroid dienone is 1. The van der Waals surface area contributed by atoms with E-state index < -0.39 is 24.3 Å². The Morgan fingerprint density at radius 1 is 0.619 bits per heavy atom. The van der Waals surface area contributed by atoms with Gasteiger partial charge in [-0.2, -0.15) is 0 Å². The molecule has 6 heteroatoms. The molecule has 0 bridgehead atoms. The Balaban J connectivity index is 1.72. The van der Waals surface area contributed by atoms with Crippen molar-refractivity contribution in [2.75, 3.05) is 0 Å². The van der Waals surface area contributed by atoms with E-state index in [1.807, 2.05) is 131 Å². The minimum absolute atomic E-state index is 0.0701. The summed E-state index contributed by atoms with van der Waals surface area (Å²) in [6, 6.07) is 40.3. The quantitative estimate of drug-likeness (QED) is 0.220. The lowest BCUT2D eigenvalue weighted by Crippen LogP contribution is -2.50. The van der Waals surface area contributed by atoms with Crippen molar-refractivity contribution in [2.45, 2.75) is 50.2 Å². The number of nitrogens with zero attached hydrogens (tertiary/aromatic N) is 4. The van der Waals surface area contributed by atoms with Gasteiger partial charge in [-0.3, -0.25) is 0 Å². The molecule has 0 spiro atoms. The third-order valence-electron chi connectivity index (χ3n) is 7.88. The molecule has 0 aromatic heterocycles. The molecule has 4 atom stereocenters. The first-order valence-electron chi connectivity index (χ1n) is 14.2. The molecule has 1 saturated heterocycles. The summed E-state index contributed by atoms with van der Waals surface area (Å²) < 4.78 is 0. The summed E-state index contributed by atoms with van der Waals surface area (Å²) in [5.41, 5.74) is 3.85. The first-order chi connectivity index (χ1) is 20.6. The monoisotopic (exact) mass is 554 g/mol. The summed E-state index contributed by atoms with van der Waals surface area (Å²) in [6.45, 7) is 8.75. The SMILES string of the molecule is [C-]#[N+]C(C#N)=C1N(Cc2ccccc2)[C@H](Cc2ccccc2)[C@H](O)[C@@H](O)[C@@H](Cc2ccccc2)N1Cc1ccccc1. The zero-order chi connectivity index (χ0) is 29.3. The molecule has 6 nitrogen and oxygen atoms in total. The highest BCUT2D eigenvalue weighted by atomic mass is 16.3. The summed E-state index contributed by atoms with van der Waals surface area (Å²) in [6.07, 6.45) is -1.49. The van der Waals surface area contributed by atoms with E-state index in [1.54, 1.807) is 0 Å². The van der Waals surface area contributed by atoms with Crippen molar-refractivity contribution in [1.29, 1.82) is 5.26 Å². The summed E-state index contributed by atoms with van der Waals surface area (Å²) in [5, 5.41) is 34.3. The standard InChI is InChI=1S/C36H34N4O2/c1-38-31(24-37)36-39(25-29-18-10-4-11-19-29)32(22-27-14-6-2-7-15-27)34(41)35(42)33(23-28-16-8-3-9-17-28)40(36)26-30-20-12-5-13-21-30/h2-21,32-35,41-42H,22-23,25-26H2/t32-,33-,34+,35+/m1/s1. The minimum atomic E-state index is -1.16. The van der Waals surface area contributed by atoms with Crippen molar-refractivity contribution >= 4 is 0 Å². The first kappa shape index (κ1) is 28.6. The highest BCUT2D eigenvalue weighted by Gasteiger charge is 2.45. The van der Waals surface area contributed by atoms with Crippen LogP contribution in [0.25, 0.3) is 4.85 Å². The van der Waals surface area contributed by atoms with E-state index in [0.717, 1.165) is 22.3 Å². The van der Waals surface area contributed by atoms with Crippen LogP contribution in [0.4, 0.5) is 0 Å². The summed E-state index contributed by atoms with van der Waals surface area (Å²) in [4.78, 5) is 7.66. The van der Waals surface area contributed by atoms with Crippen molar-refractivity contribution in [2.24, 2.45) is 0 Å². The predicted molar refractivity (Wildman–Crippen MR) is 163 cm³/mol. The largest absolute Gasteiger partial charge is 0.388 e. The van der Waals surface area contributed by atoms with Crippen LogP contribution in [0.1, 0.15) is 22.3 Å². The van der Waals surface area contributed by atoms with Gasteiger partial charge in [-0.05, 0) is 35.1 Å². The average molecular weight is 555 g/mol. The van der Waals surface area contributed by atoms with Crippen molar-refractivity contribution < 1.29 is 10.2 Å². The second-order valence-electron chi connectivity index (χ2n) is 10.6. The molecule has 0 aliphatic carbocycles. The van der Waals surface area contributed by atoms with Crippen LogP contribution in [-0.2, 0) is 25.9 Å². The third-order valence-corrected chi connectivity index (χ3v) is 7.88. The van der Waals surface area contributed by atoms with E-state index in [9.17, 15) is 15.5 Å². The molecule has 1 aliphatic rings. The fourth-order valence-electron chi connectivity index (χ4n) is 5.82. The maximum atomic E-state index is 12.0. The van der Waals surface area contributed by atoms with Crippen LogP contribution in [0.3, 0.4) is 0 Å². The van der Waals surface area contributed by atoms with Crippen LogP contribution < -0.4 is 0 Å². The lowest BCUT2D eigenvalue weighted by molar-refractivity contribution is -0.0408. The normalized spacial score (nSPS) is 20.3. The van der Waals surface area contributed by atoms with Crippen LogP contribution >= 0.6 is 0 Å². The number of aliphatic hydroxyl groups excluding tert-OH is 2. The van der Waals surface area contributed by atoms with Crippen molar-refractivity contribution in [3.63, 3.8) is 0 Å². The zero-order valence-electron chi connectivity index (χ0n) is 23.4. The Morgan fingerprint density at radius 2 is 0.952 bits per heavy atom. The smallest absolute Gasteiger partial charge is 0.300 e. The van der Waals surface area contributed by atoms with Gasteiger partial charge in [-0.25, -0.2) is 10.1 Å². The van der Waals surface area contributed by atoms with E-state index in [-0.39, 0.29) is 5.70 Å². The Bertz CT molecular complexity index is 1430. The number of aliphatic hydroxyl groups is 2. The molecule has 42 heavy (non-hydrogen) atoms. The van der Waals surface area contributed by atoms with Crippen LogP contribution in [0.15, 0.2) is 133 Å². The lowest BCUT2D eigenvalue weighted by Gasteiger charge is -2.41. The van der Waals surface area contributed by atoms with Gasteiger partial charge in [0.05, 0.1) is 24.7 Å². The molecule has 4 aromatic rings. The summed E-state index contributed by atoms with van der Waals surface area (Å²) >= 11 is 0. The van der Waals surface area contributed by atoms with E-state index >= 15 is 0 Å². The highest BCUT2D eigenvalue weighted by molar-refractivity contribution is 5.36. The van der Waals surface area contributed by atoms with Gasteiger partial charge in [0.2, 0.25) is 0 Å². The second kappa shape index (κ2) is 13.7. The predicted octanol–water partition coefficient (Wildman–Crippen LogP) is 5.56. The molecule has 5 rings (SSSR count). The van der Waals surface area contributed by atoms with Crippen LogP contribution in [0, 0.1) is 17.9 Å². The average Bonchev–Trinajstić information content (AvgIpc) is 3.11. The van der Waals surface area contributed by atoms with Crippen LogP contribution in [0.2, 0.25) is 0 Å². The molecule has 2 N–H and O–H groups in total. The number of hydrogen-bond donors (Lipinski definition) is 2. The Hall–Kier alpha value is -4.88. The maximum absolute atomic E-state index is 12.0. The van der Waals surface area contributed by atoms with Gasteiger partial charge >= 0.3 is 5.70 Å². The van der Waals surface area contributed by atoms with E-state index in [4.69, 9.17) is 6.57 Å². The molecular weight excluding hydrogens is 520 g/mol. The van der Waals surface area contributed by atoms with Gasteiger partial charge < -0.3 is 20.0 Å². The fraction of sp³-hybridized carbons (Fsp3) is 0.222. The second-order valence-corrected chi connectivity index (χ2v) is 10.6. The lowest BCUT2D eigenvalue weighted by atomic mass is 9.91. The fourth-order valence-corrected chi connectivity index (χ4v) is 5.82. The number of benzene rings is 4. The number of hydrogen-bond acceptors (Lipinski definition) is 5. The molecule has 210 valence electrons. The van der Waals surface area contributed by atoms with Crippen molar-refractivity contribution in [3.8, 4) is 6.07 Å². The van der Waals surface area contributed by atoms with Crippen molar-refractivity contribution in [3.05, 3.63) is 167 Å². The van der Waals surface area contributed by atoms with Gasteiger partial charge in [0.1, 0.15) is 18.0 Å². The number of nitriles is 1. The van der Waals surface area contributed by atoms with Crippen molar-refractivity contribution in [1.82, 2.24) is 9.80 Å². The molecule has 1 heterocycles. The Labute approximate surface area is 247 Å². The highest BCUT2D eigenvalue weighted by Crippen LogP contribution is 2.35. The molecule has 0 saturated carbocycles. The maximum Gasteiger partial charge on any atom is 0.300 e. The van der Waals surface area contributed by atoms with Gasteiger partial charge in [0, 0.05) is 13.1 Å². The van der Waals surface area contributed by atoms with Gasteiger partial charge in [0.15, 0.2) is 0 Å². The Kier molecular flexibility index (Phi) is 9.31. The third kappa shape index (κ3) is 6.53. The molecule has 4 aromatic carbocycles. The zero-order valence-corrected chi connectivity index (χ0v) is 23.4. The molecule has 1 fully saturated rings. The van der Waals surface area contributed by atoms with E-state index in [1.165, 1.54) is 0 Å². The minimum Gasteiger partial charge on any atom is -0.388 e. The van der Waals surface area contributed by atoms with Gasteiger partial charge in [-0.1, -0.05) is 121 Å². The molecule has 0 unspecified atom stereocenters. The Morgan fingerprint density at radius 3 is 1.26 bits per heavy atom. The summed E-state index contributed by atoms with van der Waals surface area (Å²) in [5.74, 6) is 0.428. The van der Waals surface area contributed by atoms with Crippen LogP contribution in [0.5, 0.6) is 0 Å². The van der Waals surface area contributed by atoms with E-state index in [2.05, 4.69) is 10.9 Å².